The quantitative estimate of drug-likeness (QED) is 0.418. The Kier molecular flexibility index (Phi) is 11.8. The minimum Gasteiger partial charge on any atom is -0.305 e. The molecule has 0 aliphatic carbocycles. The normalized spacial score (nSPS) is 10.6. The molecule has 0 aromatic heterocycles. The van der Waals surface area contributed by atoms with E-state index in [2.05, 4.69) is 12.4 Å². The smallest absolute Gasteiger partial charge is 0.0572 e. The average molecular weight is 187 g/mol. The molecule has 0 saturated heterocycles. The molecule has 0 aliphatic rings. The summed E-state index contributed by atoms with van der Waals surface area (Å²) in [6.07, 6.45) is 11.0. The Hall–Kier alpha value is -0.0800. The van der Waals surface area contributed by atoms with Gasteiger partial charge in [0, 0.05) is 6.54 Å². The Morgan fingerprint density at radius 2 is 1.38 bits per heavy atom. The largest absolute Gasteiger partial charge is 0.305 e. The summed E-state index contributed by atoms with van der Waals surface area (Å²) < 4.78 is 0. The molecular formula is C11H25NO. The number of hydrogen-bond donors (Lipinski definition) is 1. The lowest BCUT2D eigenvalue weighted by molar-refractivity contribution is 0.0904. The lowest BCUT2D eigenvalue weighted by atomic mass is 10.1. The Labute approximate surface area is 83.0 Å². The van der Waals surface area contributed by atoms with Crippen LogP contribution in [0.15, 0.2) is 0 Å². The molecule has 1 N–H and O–H groups in total. The van der Waals surface area contributed by atoms with Gasteiger partial charge in [-0.25, -0.2) is 5.48 Å². The molecule has 0 aromatic rings. The number of nitrogens with one attached hydrogen (secondary N) is 1. The zero-order chi connectivity index (χ0) is 9.78. The first-order valence-electron chi connectivity index (χ1n) is 5.67. The van der Waals surface area contributed by atoms with Crippen molar-refractivity contribution < 1.29 is 4.84 Å². The summed E-state index contributed by atoms with van der Waals surface area (Å²) in [5.74, 6) is 0. The average Bonchev–Trinajstić information content (AvgIpc) is 2.16. The van der Waals surface area contributed by atoms with Gasteiger partial charge in [0.1, 0.15) is 0 Å². The molecule has 2 nitrogen and oxygen atoms in total. The van der Waals surface area contributed by atoms with E-state index in [9.17, 15) is 0 Å². The highest BCUT2D eigenvalue weighted by molar-refractivity contribution is 4.46. The second-order valence-corrected chi connectivity index (χ2v) is 3.57. The Morgan fingerprint density at radius 3 is 1.92 bits per heavy atom. The van der Waals surface area contributed by atoms with E-state index >= 15 is 0 Å². The van der Waals surface area contributed by atoms with Gasteiger partial charge in [-0.3, -0.25) is 0 Å². The molecule has 0 unspecified atom stereocenters. The standard InChI is InChI=1S/C11H25NO/c1-3-4-5-6-7-8-9-10-11-12-13-2/h12H,3-11H2,1-2H3. The third-order valence-electron chi connectivity index (χ3n) is 2.28. The van der Waals surface area contributed by atoms with Gasteiger partial charge in [-0.2, -0.15) is 0 Å². The number of hydroxylamine groups is 1. The lowest BCUT2D eigenvalue weighted by Gasteiger charge is -2.02. The van der Waals surface area contributed by atoms with Crippen molar-refractivity contribution in [1.29, 1.82) is 0 Å². The predicted molar refractivity (Wildman–Crippen MR) is 57.6 cm³/mol. The van der Waals surface area contributed by atoms with Crippen LogP contribution in [0.3, 0.4) is 0 Å². The maximum atomic E-state index is 4.75. The van der Waals surface area contributed by atoms with E-state index in [1.807, 2.05) is 0 Å². The Morgan fingerprint density at radius 1 is 0.846 bits per heavy atom. The van der Waals surface area contributed by atoms with Crippen LogP contribution in [-0.4, -0.2) is 13.7 Å². The number of rotatable bonds is 10. The SMILES string of the molecule is CCCCCCCCCCNOC. The first-order valence-corrected chi connectivity index (χ1v) is 5.67. The molecule has 0 aliphatic heterocycles. The summed E-state index contributed by atoms with van der Waals surface area (Å²) in [6.45, 7) is 3.25. The summed E-state index contributed by atoms with van der Waals surface area (Å²) in [5, 5.41) is 0. The summed E-state index contributed by atoms with van der Waals surface area (Å²) >= 11 is 0. The minimum atomic E-state index is 0.992. The molecule has 13 heavy (non-hydrogen) atoms. The van der Waals surface area contributed by atoms with Crippen LogP contribution in [0.25, 0.3) is 0 Å². The van der Waals surface area contributed by atoms with Crippen molar-refractivity contribution in [2.24, 2.45) is 0 Å². The number of hydrogen-bond acceptors (Lipinski definition) is 2. The summed E-state index contributed by atoms with van der Waals surface area (Å²) in [5.41, 5.74) is 2.86. The van der Waals surface area contributed by atoms with Crippen LogP contribution in [0.2, 0.25) is 0 Å². The van der Waals surface area contributed by atoms with Crippen LogP contribution in [0.4, 0.5) is 0 Å². The van der Waals surface area contributed by atoms with Crippen LogP contribution >= 0.6 is 0 Å². The van der Waals surface area contributed by atoms with Crippen molar-refractivity contribution in [3.8, 4) is 0 Å². The molecule has 0 aromatic carbocycles. The maximum absolute atomic E-state index is 4.75. The third-order valence-corrected chi connectivity index (χ3v) is 2.28. The third kappa shape index (κ3) is 11.9. The van der Waals surface area contributed by atoms with E-state index in [4.69, 9.17) is 4.84 Å². The predicted octanol–water partition coefficient (Wildman–Crippen LogP) is 3.28. The van der Waals surface area contributed by atoms with Gasteiger partial charge in [0.25, 0.3) is 0 Å². The molecule has 0 saturated carbocycles. The van der Waals surface area contributed by atoms with Crippen molar-refractivity contribution in [2.45, 2.75) is 58.3 Å². The van der Waals surface area contributed by atoms with Crippen LogP contribution in [0, 0.1) is 0 Å². The molecule has 2 heteroatoms. The van der Waals surface area contributed by atoms with Gasteiger partial charge < -0.3 is 4.84 Å². The maximum Gasteiger partial charge on any atom is 0.0572 e. The molecule has 0 atom stereocenters. The molecule has 0 amide bonds. The van der Waals surface area contributed by atoms with Crippen LogP contribution in [0.1, 0.15) is 58.3 Å². The van der Waals surface area contributed by atoms with E-state index in [0.29, 0.717) is 0 Å². The van der Waals surface area contributed by atoms with E-state index in [1.165, 1.54) is 51.4 Å². The van der Waals surface area contributed by atoms with E-state index in [-0.39, 0.29) is 0 Å². The molecule has 0 bridgehead atoms. The number of unbranched alkanes of at least 4 members (excludes halogenated alkanes) is 7. The highest BCUT2D eigenvalue weighted by atomic mass is 16.6. The summed E-state index contributed by atoms with van der Waals surface area (Å²) in [7, 11) is 1.67. The van der Waals surface area contributed by atoms with E-state index < -0.39 is 0 Å². The highest BCUT2D eigenvalue weighted by Crippen LogP contribution is 2.07. The Bertz CT molecular complexity index is 76.2. The van der Waals surface area contributed by atoms with Gasteiger partial charge in [-0.05, 0) is 6.42 Å². The molecule has 0 rings (SSSR count). The van der Waals surface area contributed by atoms with Crippen molar-refractivity contribution in [1.82, 2.24) is 5.48 Å². The van der Waals surface area contributed by atoms with Gasteiger partial charge in [0.15, 0.2) is 0 Å². The zero-order valence-corrected chi connectivity index (χ0v) is 9.27. The first kappa shape index (κ1) is 12.9. The van der Waals surface area contributed by atoms with E-state index in [1.54, 1.807) is 7.11 Å². The van der Waals surface area contributed by atoms with Crippen molar-refractivity contribution in [3.63, 3.8) is 0 Å². The molecule has 0 heterocycles. The molecule has 0 fully saturated rings. The zero-order valence-electron chi connectivity index (χ0n) is 9.27. The molecular weight excluding hydrogens is 162 g/mol. The molecule has 0 radical (unpaired) electrons. The lowest BCUT2D eigenvalue weighted by Crippen LogP contribution is -2.12. The van der Waals surface area contributed by atoms with Gasteiger partial charge in [0.05, 0.1) is 7.11 Å². The fraction of sp³-hybridized carbons (Fsp3) is 1.00. The second kappa shape index (κ2) is 11.9. The van der Waals surface area contributed by atoms with Crippen molar-refractivity contribution in [3.05, 3.63) is 0 Å². The fourth-order valence-corrected chi connectivity index (χ4v) is 1.43. The van der Waals surface area contributed by atoms with Crippen LogP contribution < -0.4 is 5.48 Å². The van der Waals surface area contributed by atoms with Gasteiger partial charge >= 0.3 is 0 Å². The van der Waals surface area contributed by atoms with Crippen molar-refractivity contribution >= 4 is 0 Å². The summed E-state index contributed by atoms with van der Waals surface area (Å²) in [4.78, 5) is 4.75. The fourth-order valence-electron chi connectivity index (χ4n) is 1.43. The van der Waals surface area contributed by atoms with Gasteiger partial charge in [-0.15, -0.1) is 0 Å². The molecule has 80 valence electrons. The first-order chi connectivity index (χ1) is 6.41. The van der Waals surface area contributed by atoms with Crippen LogP contribution in [-0.2, 0) is 4.84 Å². The van der Waals surface area contributed by atoms with Crippen molar-refractivity contribution in [2.75, 3.05) is 13.7 Å². The van der Waals surface area contributed by atoms with Crippen LogP contribution in [0.5, 0.6) is 0 Å². The Balaban J connectivity index is 2.76. The topological polar surface area (TPSA) is 21.3 Å². The monoisotopic (exact) mass is 187 g/mol. The van der Waals surface area contributed by atoms with Gasteiger partial charge in [0.2, 0.25) is 0 Å². The minimum absolute atomic E-state index is 0.992. The van der Waals surface area contributed by atoms with Gasteiger partial charge in [-0.1, -0.05) is 51.9 Å². The summed E-state index contributed by atoms with van der Waals surface area (Å²) in [6, 6.07) is 0. The molecule has 0 spiro atoms. The highest BCUT2D eigenvalue weighted by Gasteiger charge is 1.90. The van der Waals surface area contributed by atoms with E-state index in [0.717, 1.165) is 6.54 Å². The second-order valence-electron chi connectivity index (χ2n) is 3.57.